The van der Waals surface area contributed by atoms with Crippen LogP contribution in [0.1, 0.15) is 29.8 Å². The summed E-state index contributed by atoms with van der Waals surface area (Å²) < 4.78 is 14.0. The monoisotopic (exact) mass is 412 g/mol. The Balaban J connectivity index is 1.70. The number of carbonyl (C=O) groups excluding carboxylic acids is 2. The lowest BCUT2D eigenvalue weighted by Gasteiger charge is -2.26. The molecule has 3 rings (SSSR count). The number of aromatic nitrogens is 2. The molecular formula is C21H21FN4O2S. The minimum Gasteiger partial charge on any atom is -0.327 e. The summed E-state index contributed by atoms with van der Waals surface area (Å²) in [4.78, 5) is 26.5. The fourth-order valence-corrected chi connectivity index (χ4v) is 3.52. The Bertz CT molecular complexity index is 1030. The zero-order chi connectivity index (χ0) is 21.0. The number of amides is 2. The molecule has 2 amide bonds. The molecule has 0 aliphatic carbocycles. The van der Waals surface area contributed by atoms with Crippen LogP contribution >= 0.6 is 11.3 Å². The van der Waals surface area contributed by atoms with Gasteiger partial charge in [-0.25, -0.2) is 4.39 Å². The molecule has 2 aromatic carbocycles. The third kappa shape index (κ3) is 5.03. The van der Waals surface area contributed by atoms with Crippen LogP contribution in [0.25, 0.3) is 10.6 Å². The number of halogens is 1. The molecule has 0 aliphatic heterocycles. The van der Waals surface area contributed by atoms with E-state index in [1.54, 1.807) is 19.9 Å². The van der Waals surface area contributed by atoms with Gasteiger partial charge >= 0.3 is 0 Å². The van der Waals surface area contributed by atoms with Crippen molar-refractivity contribution in [1.82, 2.24) is 15.1 Å². The third-order valence-electron chi connectivity index (χ3n) is 4.24. The van der Waals surface area contributed by atoms with Crippen molar-refractivity contribution >= 4 is 28.3 Å². The number of aryl methyl sites for hydroxylation is 1. The van der Waals surface area contributed by atoms with Crippen molar-refractivity contribution in [1.29, 1.82) is 0 Å². The van der Waals surface area contributed by atoms with Gasteiger partial charge < -0.3 is 4.90 Å². The normalized spacial score (nSPS) is 10.8. The molecular weight excluding hydrogens is 391 g/mol. The van der Waals surface area contributed by atoms with E-state index in [1.165, 1.54) is 34.4 Å². The molecule has 3 aromatic rings. The van der Waals surface area contributed by atoms with Crippen molar-refractivity contribution in [2.24, 2.45) is 0 Å². The number of rotatable bonds is 6. The predicted octanol–water partition coefficient (Wildman–Crippen LogP) is 4.14. The lowest BCUT2D eigenvalue weighted by molar-refractivity contribution is -0.117. The standard InChI is InChI=1S/C21H21FN4O2S/c1-13(2)26(20(28)16-9-4-5-10-17(16)22)12-18(27)23-21-25-24-19(29-21)15-8-6-7-14(3)11-15/h4-11,13H,12H2,1-3H3,(H,23,25,27). The van der Waals surface area contributed by atoms with Crippen molar-refractivity contribution in [3.05, 3.63) is 65.5 Å². The number of nitrogens with one attached hydrogen (secondary N) is 1. The molecule has 0 saturated carbocycles. The van der Waals surface area contributed by atoms with E-state index in [0.29, 0.717) is 10.1 Å². The van der Waals surface area contributed by atoms with Gasteiger partial charge in [0.25, 0.3) is 5.91 Å². The Hall–Kier alpha value is -3.13. The first kappa shape index (κ1) is 20.6. The van der Waals surface area contributed by atoms with Crippen LogP contribution in [-0.2, 0) is 4.79 Å². The summed E-state index contributed by atoms with van der Waals surface area (Å²) in [6.07, 6.45) is 0. The smallest absolute Gasteiger partial charge is 0.257 e. The second-order valence-electron chi connectivity index (χ2n) is 6.84. The van der Waals surface area contributed by atoms with Gasteiger partial charge in [-0.3, -0.25) is 14.9 Å². The van der Waals surface area contributed by atoms with Gasteiger partial charge in [-0.05, 0) is 39.0 Å². The summed E-state index contributed by atoms with van der Waals surface area (Å²) in [7, 11) is 0. The highest BCUT2D eigenvalue weighted by molar-refractivity contribution is 7.18. The van der Waals surface area contributed by atoms with Crippen LogP contribution in [0.15, 0.2) is 48.5 Å². The molecule has 1 heterocycles. The number of nitrogens with zero attached hydrogens (tertiary/aromatic N) is 3. The number of hydrogen-bond acceptors (Lipinski definition) is 5. The zero-order valence-electron chi connectivity index (χ0n) is 16.3. The SMILES string of the molecule is Cc1cccc(-c2nnc(NC(=O)CN(C(=O)c3ccccc3F)C(C)C)s2)c1. The van der Waals surface area contributed by atoms with Crippen LogP contribution in [0.2, 0.25) is 0 Å². The Kier molecular flexibility index (Phi) is 6.33. The molecule has 0 atom stereocenters. The van der Waals surface area contributed by atoms with Crippen LogP contribution < -0.4 is 5.32 Å². The van der Waals surface area contributed by atoms with Crippen LogP contribution in [0.3, 0.4) is 0 Å². The summed E-state index contributed by atoms with van der Waals surface area (Å²) in [6.45, 7) is 5.31. The first-order valence-corrected chi connectivity index (χ1v) is 9.92. The van der Waals surface area contributed by atoms with Crippen molar-refractivity contribution in [3.63, 3.8) is 0 Å². The molecule has 29 heavy (non-hydrogen) atoms. The second kappa shape index (κ2) is 8.91. The van der Waals surface area contributed by atoms with Crippen molar-refractivity contribution in [3.8, 4) is 10.6 Å². The van der Waals surface area contributed by atoms with Crippen LogP contribution in [0, 0.1) is 12.7 Å². The molecule has 0 radical (unpaired) electrons. The molecule has 1 aromatic heterocycles. The first-order valence-electron chi connectivity index (χ1n) is 9.11. The topological polar surface area (TPSA) is 75.2 Å². The molecule has 0 fully saturated rings. The highest BCUT2D eigenvalue weighted by Gasteiger charge is 2.24. The maximum atomic E-state index is 14.0. The predicted molar refractivity (Wildman–Crippen MR) is 111 cm³/mol. The fraction of sp³-hybridized carbons (Fsp3) is 0.238. The molecule has 0 spiro atoms. The summed E-state index contributed by atoms with van der Waals surface area (Å²) >= 11 is 1.25. The molecule has 150 valence electrons. The number of hydrogen-bond donors (Lipinski definition) is 1. The summed E-state index contributed by atoms with van der Waals surface area (Å²) in [5.41, 5.74) is 1.95. The van der Waals surface area contributed by atoms with E-state index in [9.17, 15) is 14.0 Å². The van der Waals surface area contributed by atoms with Gasteiger partial charge in [-0.2, -0.15) is 0 Å². The second-order valence-corrected chi connectivity index (χ2v) is 7.81. The molecule has 6 nitrogen and oxygen atoms in total. The van der Waals surface area contributed by atoms with Crippen molar-refractivity contribution in [2.75, 3.05) is 11.9 Å². The first-order chi connectivity index (χ1) is 13.8. The molecule has 0 unspecified atom stereocenters. The van der Waals surface area contributed by atoms with E-state index in [-0.39, 0.29) is 18.2 Å². The Morgan fingerprint density at radius 1 is 1.14 bits per heavy atom. The molecule has 0 saturated heterocycles. The van der Waals surface area contributed by atoms with Crippen LogP contribution in [0.4, 0.5) is 9.52 Å². The number of carbonyl (C=O) groups is 2. The van der Waals surface area contributed by atoms with E-state index < -0.39 is 17.6 Å². The molecule has 1 N–H and O–H groups in total. The number of anilines is 1. The Morgan fingerprint density at radius 2 is 1.90 bits per heavy atom. The van der Waals surface area contributed by atoms with Gasteiger partial charge in [-0.1, -0.05) is 47.2 Å². The van der Waals surface area contributed by atoms with Gasteiger partial charge in [0, 0.05) is 11.6 Å². The van der Waals surface area contributed by atoms with E-state index in [2.05, 4.69) is 15.5 Å². The van der Waals surface area contributed by atoms with E-state index in [0.717, 1.165) is 11.1 Å². The lowest BCUT2D eigenvalue weighted by Crippen LogP contribution is -2.42. The minimum absolute atomic E-state index is 0.0633. The van der Waals surface area contributed by atoms with Gasteiger partial charge in [0.05, 0.1) is 5.56 Å². The molecule has 8 heteroatoms. The summed E-state index contributed by atoms with van der Waals surface area (Å²) in [5, 5.41) is 11.8. The van der Waals surface area contributed by atoms with Gasteiger partial charge in [0.1, 0.15) is 17.4 Å². The summed E-state index contributed by atoms with van der Waals surface area (Å²) in [5.74, 6) is -1.57. The van der Waals surface area contributed by atoms with Crippen molar-refractivity contribution in [2.45, 2.75) is 26.8 Å². The van der Waals surface area contributed by atoms with Gasteiger partial charge in [0.15, 0.2) is 0 Å². The Morgan fingerprint density at radius 3 is 2.59 bits per heavy atom. The van der Waals surface area contributed by atoms with Gasteiger partial charge in [0.2, 0.25) is 11.0 Å². The van der Waals surface area contributed by atoms with E-state index in [1.807, 2.05) is 31.2 Å². The quantitative estimate of drug-likeness (QED) is 0.660. The van der Waals surface area contributed by atoms with E-state index >= 15 is 0 Å². The minimum atomic E-state index is -0.615. The van der Waals surface area contributed by atoms with Crippen LogP contribution in [-0.4, -0.2) is 39.5 Å². The van der Waals surface area contributed by atoms with E-state index in [4.69, 9.17) is 0 Å². The molecule has 0 bridgehead atoms. The van der Waals surface area contributed by atoms with Crippen molar-refractivity contribution < 1.29 is 14.0 Å². The fourth-order valence-electron chi connectivity index (χ4n) is 2.76. The number of benzene rings is 2. The van der Waals surface area contributed by atoms with Gasteiger partial charge in [-0.15, -0.1) is 10.2 Å². The maximum Gasteiger partial charge on any atom is 0.257 e. The highest BCUT2D eigenvalue weighted by atomic mass is 32.1. The maximum absolute atomic E-state index is 14.0. The summed E-state index contributed by atoms with van der Waals surface area (Å²) in [6, 6.07) is 13.3. The average Bonchev–Trinajstić information content (AvgIpc) is 3.14. The average molecular weight is 412 g/mol. The molecule has 0 aliphatic rings. The lowest BCUT2D eigenvalue weighted by atomic mass is 10.1. The highest BCUT2D eigenvalue weighted by Crippen LogP contribution is 2.26. The zero-order valence-corrected chi connectivity index (χ0v) is 17.2. The Labute approximate surface area is 172 Å². The largest absolute Gasteiger partial charge is 0.327 e. The third-order valence-corrected chi connectivity index (χ3v) is 5.13. The van der Waals surface area contributed by atoms with Crippen LogP contribution in [0.5, 0.6) is 0 Å².